The molecule has 2 saturated heterocycles. The SMILES string of the molecule is CC(=O)O[C@H]1[C@H](O[C@@H]2C=C3CC[C@@H]4[C@H](CC[C@]5(C)[C@@H](c6ccc(=O)oc6)CC[C@]45O)[C@@]3(C)CC2)O[C@@H](C)[C@H](O[C@@H]2O[C@H](CO)[C@@H](O)[C@H](O)[C@H]2O)[C@H]1O. The Morgan fingerprint density at radius 1 is 0.885 bits per heavy atom. The first-order chi connectivity index (χ1) is 24.6. The van der Waals surface area contributed by atoms with Crippen LogP contribution in [0.25, 0.3) is 0 Å². The number of rotatable bonds is 7. The lowest BCUT2D eigenvalue weighted by Gasteiger charge is -2.62. The number of fused-ring (bicyclic) bond motifs is 5. The first-order valence-corrected chi connectivity index (χ1v) is 18.8. The third kappa shape index (κ3) is 6.20. The fraction of sp³-hybridized carbons (Fsp3) is 0.789. The van der Waals surface area contributed by atoms with E-state index in [2.05, 4.69) is 19.9 Å². The van der Waals surface area contributed by atoms with Crippen LogP contribution < -0.4 is 5.63 Å². The van der Waals surface area contributed by atoms with E-state index in [1.54, 1.807) is 13.2 Å². The van der Waals surface area contributed by atoms with E-state index in [-0.39, 0.29) is 34.2 Å². The van der Waals surface area contributed by atoms with Crippen molar-refractivity contribution >= 4 is 5.97 Å². The Labute approximate surface area is 302 Å². The van der Waals surface area contributed by atoms with E-state index in [0.29, 0.717) is 12.8 Å². The van der Waals surface area contributed by atoms with E-state index in [1.807, 2.05) is 6.07 Å². The highest BCUT2D eigenvalue weighted by molar-refractivity contribution is 5.66. The highest BCUT2D eigenvalue weighted by Gasteiger charge is 2.67. The Morgan fingerprint density at radius 3 is 2.35 bits per heavy atom. The van der Waals surface area contributed by atoms with Gasteiger partial charge in [-0.05, 0) is 93.1 Å². The average Bonchev–Trinajstić information content (AvgIpc) is 3.39. The molecular weight excluding hydrogens is 680 g/mol. The van der Waals surface area contributed by atoms with Crippen LogP contribution >= 0.6 is 0 Å². The molecule has 5 fully saturated rings. The van der Waals surface area contributed by atoms with Gasteiger partial charge in [-0.2, -0.15) is 0 Å². The van der Waals surface area contributed by atoms with Crippen LogP contribution in [0.15, 0.2) is 39.3 Å². The van der Waals surface area contributed by atoms with E-state index >= 15 is 0 Å². The third-order valence-electron chi connectivity index (χ3n) is 13.9. The summed E-state index contributed by atoms with van der Waals surface area (Å²) < 4.78 is 34.7. The van der Waals surface area contributed by atoms with Gasteiger partial charge >= 0.3 is 11.6 Å². The van der Waals surface area contributed by atoms with Crippen molar-refractivity contribution in [2.75, 3.05) is 6.61 Å². The van der Waals surface area contributed by atoms with Gasteiger partial charge in [0, 0.05) is 18.4 Å². The van der Waals surface area contributed by atoms with E-state index in [9.17, 15) is 40.2 Å². The van der Waals surface area contributed by atoms with Gasteiger partial charge in [0.2, 0.25) is 0 Å². The molecule has 6 N–H and O–H groups in total. The van der Waals surface area contributed by atoms with Crippen LogP contribution in [-0.2, 0) is 28.5 Å². The zero-order chi connectivity index (χ0) is 37.3. The van der Waals surface area contributed by atoms with Crippen molar-refractivity contribution in [1.82, 2.24) is 0 Å². The number of hydrogen-bond acceptors (Lipinski definition) is 14. The molecular formula is C38H54O14. The van der Waals surface area contributed by atoms with Gasteiger partial charge in [0.05, 0.1) is 30.7 Å². The summed E-state index contributed by atoms with van der Waals surface area (Å²) in [6, 6.07) is 3.31. The van der Waals surface area contributed by atoms with Crippen LogP contribution in [0.2, 0.25) is 0 Å². The maximum Gasteiger partial charge on any atom is 0.335 e. The molecule has 0 aromatic carbocycles. The quantitative estimate of drug-likeness (QED) is 0.173. The van der Waals surface area contributed by atoms with Gasteiger partial charge in [-0.3, -0.25) is 4.79 Å². The van der Waals surface area contributed by atoms with Gasteiger partial charge in [0.25, 0.3) is 0 Å². The van der Waals surface area contributed by atoms with E-state index in [0.717, 1.165) is 44.1 Å². The van der Waals surface area contributed by atoms with Crippen molar-refractivity contribution in [3.05, 3.63) is 46.0 Å². The van der Waals surface area contributed by atoms with E-state index in [1.165, 1.54) is 18.6 Å². The van der Waals surface area contributed by atoms with E-state index in [4.69, 9.17) is 28.1 Å². The molecule has 1 aromatic heterocycles. The standard InChI is InChI=1S/C38H54O14/c1-18-32(52-34-30(44)29(43)28(42)26(16-39)51-34)31(45)33(49-19(2)40)35(48-18)50-22-9-12-36(3)21(15-22)6-7-25-24(36)10-13-37(4)23(11-14-38(25,37)46)20-5-8-27(41)47-17-20/h5,8,15,17-18,22-26,28-35,39,42-46H,6-7,9-14,16H2,1-4H3/t18-,22-,23+,24-,25+,26+,28+,29-,30+,31+,32-,33+,34-,35-,36-,37+,38-/m0/s1. The molecule has 4 aliphatic carbocycles. The Hall–Kier alpha value is -2.24. The summed E-state index contributed by atoms with van der Waals surface area (Å²) in [6.45, 7) is 6.70. The average molecular weight is 735 g/mol. The second-order valence-corrected chi connectivity index (χ2v) is 16.5. The minimum Gasteiger partial charge on any atom is -0.454 e. The molecule has 6 aliphatic rings. The minimum atomic E-state index is -1.70. The molecule has 290 valence electrons. The molecule has 0 unspecified atom stereocenters. The van der Waals surface area contributed by atoms with Crippen molar-refractivity contribution in [3.8, 4) is 0 Å². The highest BCUT2D eigenvalue weighted by atomic mass is 16.7. The molecule has 0 spiro atoms. The lowest BCUT2D eigenvalue weighted by molar-refractivity contribution is -0.358. The van der Waals surface area contributed by atoms with Gasteiger partial charge in [-0.25, -0.2) is 4.79 Å². The molecule has 1 aromatic rings. The lowest BCUT2D eigenvalue weighted by Crippen LogP contribution is -2.64. The van der Waals surface area contributed by atoms with Crippen LogP contribution in [0.1, 0.15) is 90.5 Å². The first kappa shape index (κ1) is 38.1. The van der Waals surface area contributed by atoms with Gasteiger partial charge < -0.3 is 58.7 Å². The summed E-state index contributed by atoms with van der Waals surface area (Å²) in [5.74, 6) is -0.167. The number of esters is 1. The topological polar surface area (TPSA) is 215 Å². The van der Waals surface area contributed by atoms with Crippen molar-refractivity contribution in [2.45, 2.75) is 158 Å². The zero-order valence-electron chi connectivity index (χ0n) is 30.2. The number of hydrogen-bond donors (Lipinski definition) is 6. The van der Waals surface area contributed by atoms with Crippen LogP contribution in [-0.4, -0.2) is 116 Å². The Bertz CT molecular complexity index is 1540. The summed E-state index contributed by atoms with van der Waals surface area (Å²) in [7, 11) is 0. The van der Waals surface area contributed by atoms with Crippen LogP contribution in [0.4, 0.5) is 0 Å². The summed E-state index contributed by atoms with van der Waals surface area (Å²) in [5, 5.41) is 64.5. The Morgan fingerprint density at radius 2 is 1.65 bits per heavy atom. The zero-order valence-corrected chi connectivity index (χ0v) is 30.2. The molecule has 0 bridgehead atoms. The predicted molar refractivity (Wildman–Crippen MR) is 180 cm³/mol. The van der Waals surface area contributed by atoms with Crippen molar-refractivity contribution in [1.29, 1.82) is 0 Å². The van der Waals surface area contributed by atoms with Crippen molar-refractivity contribution < 1.29 is 63.5 Å². The number of aliphatic hydroxyl groups excluding tert-OH is 5. The summed E-state index contributed by atoms with van der Waals surface area (Å²) in [6.07, 6.45) is -3.91. The maximum absolute atomic E-state index is 12.6. The molecule has 52 heavy (non-hydrogen) atoms. The normalized spacial score (nSPS) is 48.9. The number of carbonyl (C=O) groups excluding carboxylic acids is 1. The van der Waals surface area contributed by atoms with Crippen LogP contribution in [0, 0.1) is 22.7 Å². The molecule has 0 radical (unpaired) electrons. The molecule has 3 heterocycles. The summed E-state index contributed by atoms with van der Waals surface area (Å²) in [4.78, 5) is 23.9. The number of allylic oxidation sites excluding steroid dienone is 1. The molecule has 7 rings (SSSR count). The number of carbonyl (C=O) groups is 1. The second kappa shape index (κ2) is 14.1. The van der Waals surface area contributed by atoms with Crippen LogP contribution in [0.3, 0.4) is 0 Å². The second-order valence-electron chi connectivity index (χ2n) is 16.5. The highest BCUT2D eigenvalue weighted by Crippen LogP contribution is 2.70. The van der Waals surface area contributed by atoms with Gasteiger partial charge in [0.1, 0.15) is 36.6 Å². The Kier molecular flexibility index (Phi) is 10.3. The van der Waals surface area contributed by atoms with Gasteiger partial charge in [0.15, 0.2) is 18.7 Å². The summed E-state index contributed by atoms with van der Waals surface area (Å²) in [5.41, 5.74) is 0.549. The largest absolute Gasteiger partial charge is 0.454 e. The smallest absolute Gasteiger partial charge is 0.335 e. The fourth-order valence-electron chi connectivity index (χ4n) is 11.0. The third-order valence-corrected chi connectivity index (χ3v) is 13.9. The lowest BCUT2D eigenvalue weighted by atomic mass is 9.45. The molecule has 14 nitrogen and oxygen atoms in total. The maximum atomic E-state index is 12.6. The molecule has 17 atom stereocenters. The molecule has 14 heteroatoms. The number of aliphatic hydroxyl groups is 6. The number of ether oxygens (including phenoxy) is 5. The van der Waals surface area contributed by atoms with E-state index < -0.39 is 85.7 Å². The van der Waals surface area contributed by atoms with Gasteiger partial charge in [-0.15, -0.1) is 0 Å². The van der Waals surface area contributed by atoms with Crippen molar-refractivity contribution in [2.24, 2.45) is 22.7 Å². The minimum absolute atomic E-state index is 0.109. The molecule has 3 saturated carbocycles. The monoisotopic (exact) mass is 734 g/mol. The summed E-state index contributed by atoms with van der Waals surface area (Å²) >= 11 is 0. The van der Waals surface area contributed by atoms with Gasteiger partial charge in [-0.1, -0.05) is 25.5 Å². The van der Waals surface area contributed by atoms with Crippen LogP contribution in [0.5, 0.6) is 0 Å². The molecule has 0 amide bonds. The van der Waals surface area contributed by atoms with Crippen molar-refractivity contribution in [3.63, 3.8) is 0 Å². The molecule has 2 aliphatic heterocycles. The first-order valence-electron chi connectivity index (χ1n) is 18.8. The fourth-order valence-corrected chi connectivity index (χ4v) is 11.0. The predicted octanol–water partition coefficient (Wildman–Crippen LogP) is 1.41. The Balaban J connectivity index is 1.05.